The van der Waals surface area contributed by atoms with E-state index in [4.69, 9.17) is 28.4 Å². The standard InChI is InChI=1S/C25H33NO7/c1-7-26(8-2)24(27)15-32-17-13-20(28-3)18-9-10-19(33-21(18)14-17)16-11-22(29-4)25(31-6)23(12-16)30-5/h11-14,19H,7-10,15H2,1-6H3. The first-order valence-electron chi connectivity index (χ1n) is 11.1. The summed E-state index contributed by atoms with van der Waals surface area (Å²) in [5, 5.41) is 0. The van der Waals surface area contributed by atoms with Crippen molar-refractivity contribution in [3.63, 3.8) is 0 Å². The lowest BCUT2D eigenvalue weighted by atomic mass is 9.96. The van der Waals surface area contributed by atoms with Crippen molar-refractivity contribution in [2.75, 3.05) is 48.1 Å². The SMILES string of the molecule is CCN(CC)C(=O)COc1cc(OC)c2c(c1)OC(c1cc(OC)c(OC)c(OC)c1)CC2. The Morgan fingerprint density at radius 1 is 0.939 bits per heavy atom. The van der Waals surface area contributed by atoms with Gasteiger partial charge in [-0.1, -0.05) is 0 Å². The highest BCUT2D eigenvalue weighted by Crippen LogP contribution is 2.45. The summed E-state index contributed by atoms with van der Waals surface area (Å²) in [5.41, 5.74) is 1.89. The van der Waals surface area contributed by atoms with E-state index in [-0.39, 0.29) is 18.6 Å². The van der Waals surface area contributed by atoms with Crippen molar-refractivity contribution >= 4 is 5.91 Å². The average molecular weight is 460 g/mol. The number of likely N-dealkylation sites (N-methyl/N-ethyl adjacent to an activating group) is 1. The number of amides is 1. The number of fused-ring (bicyclic) bond motifs is 1. The highest BCUT2D eigenvalue weighted by Gasteiger charge is 2.27. The molecule has 0 aliphatic carbocycles. The molecule has 0 radical (unpaired) electrons. The summed E-state index contributed by atoms with van der Waals surface area (Å²) in [7, 11) is 6.37. The molecule has 3 rings (SSSR count). The molecule has 8 nitrogen and oxygen atoms in total. The van der Waals surface area contributed by atoms with E-state index < -0.39 is 0 Å². The second-order valence-corrected chi connectivity index (χ2v) is 7.56. The minimum absolute atomic E-state index is 0.0417. The van der Waals surface area contributed by atoms with Crippen LogP contribution < -0.4 is 28.4 Å². The Bertz CT molecular complexity index is 946. The largest absolute Gasteiger partial charge is 0.496 e. The molecule has 1 aliphatic rings. The summed E-state index contributed by atoms with van der Waals surface area (Å²) >= 11 is 0. The lowest BCUT2D eigenvalue weighted by Crippen LogP contribution is -2.34. The molecule has 1 heterocycles. The van der Waals surface area contributed by atoms with Crippen molar-refractivity contribution in [2.24, 2.45) is 0 Å². The molecule has 1 unspecified atom stereocenters. The molecule has 0 saturated carbocycles. The minimum Gasteiger partial charge on any atom is -0.496 e. The van der Waals surface area contributed by atoms with Gasteiger partial charge in [0.2, 0.25) is 5.75 Å². The maximum Gasteiger partial charge on any atom is 0.260 e. The Labute approximate surface area is 195 Å². The van der Waals surface area contributed by atoms with E-state index in [9.17, 15) is 4.79 Å². The van der Waals surface area contributed by atoms with Crippen molar-refractivity contribution in [3.8, 4) is 34.5 Å². The van der Waals surface area contributed by atoms with Gasteiger partial charge < -0.3 is 33.3 Å². The highest BCUT2D eigenvalue weighted by atomic mass is 16.5. The van der Waals surface area contributed by atoms with Gasteiger partial charge in [-0.15, -0.1) is 0 Å². The van der Waals surface area contributed by atoms with Crippen LogP contribution in [0, 0.1) is 0 Å². The number of nitrogens with zero attached hydrogens (tertiary/aromatic N) is 1. The first-order valence-corrected chi connectivity index (χ1v) is 11.1. The van der Waals surface area contributed by atoms with Crippen molar-refractivity contribution in [3.05, 3.63) is 35.4 Å². The first-order chi connectivity index (χ1) is 16.0. The lowest BCUT2D eigenvalue weighted by Gasteiger charge is -2.29. The molecule has 1 amide bonds. The number of rotatable bonds is 10. The fourth-order valence-electron chi connectivity index (χ4n) is 4.04. The summed E-state index contributed by atoms with van der Waals surface area (Å²) in [6.45, 7) is 5.14. The van der Waals surface area contributed by atoms with Crippen molar-refractivity contribution in [1.82, 2.24) is 4.90 Å². The van der Waals surface area contributed by atoms with Gasteiger partial charge in [0.05, 0.1) is 28.4 Å². The maximum absolute atomic E-state index is 12.3. The molecule has 1 atom stereocenters. The average Bonchev–Trinajstić information content (AvgIpc) is 2.86. The van der Waals surface area contributed by atoms with E-state index in [0.29, 0.717) is 47.6 Å². The van der Waals surface area contributed by atoms with Crippen LogP contribution in [0.4, 0.5) is 0 Å². The molecule has 2 aromatic rings. The van der Waals surface area contributed by atoms with Crippen molar-refractivity contribution < 1.29 is 33.2 Å². The topological polar surface area (TPSA) is 75.7 Å². The van der Waals surface area contributed by atoms with Crippen molar-refractivity contribution in [2.45, 2.75) is 32.8 Å². The van der Waals surface area contributed by atoms with Gasteiger partial charge in [0, 0.05) is 30.8 Å². The number of methoxy groups -OCH3 is 4. The van der Waals surface area contributed by atoms with Gasteiger partial charge in [0.1, 0.15) is 23.4 Å². The molecule has 0 fully saturated rings. The third kappa shape index (κ3) is 5.21. The van der Waals surface area contributed by atoms with Gasteiger partial charge in [0.25, 0.3) is 5.91 Å². The molecule has 0 saturated heterocycles. The van der Waals surface area contributed by atoms with E-state index in [2.05, 4.69) is 0 Å². The molecular formula is C25H33NO7. The van der Waals surface area contributed by atoms with Crippen LogP contribution in [-0.4, -0.2) is 58.9 Å². The Hall–Kier alpha value is -3.29. The predicted octanol–water partition coefficient (Wildman–Crippen LogP) is 4.03. The van der Waals surface area contributed by atoms with Crippen LogP contribution >= 0.6 is 0 Å². The van der Waals surface area contributed by atoms with Crippen LogP contribution in [0.3, 0.4) is 0 Å². The van der Waals surface area contributed by atoms with Crippen LogP contribution in [0.1, 0.15) is 37.5 Å². The molecule has 33 heavy (non-hydrogen) atoms. The Morgan fingerprint density at radius 2 is 1.58 bits per heavy atom. The number of carbonyl (C=O) groups is 1. The van der Waals surface area contributed by atoms with E-state index in [1.165, 1.54) is 0 Å². The molecular weight excluding hydrogens is 426 g/mol. The normalized spacial score (nSPS) is 14.5. The molecule has 180 valence electrons. The van der Waals surface area contributed by atoms with Crippen LogP contribution in [0.15, 0.2) is 24.3 Å². The zero-order chi connectivity index (χ0) is 24.0. The Morgan fingerprint density at radius 3 is 2.12 bits per heavy atom. The summed E-state index contributed by atoms with van der Waals surface area (Å²) in [4.78, 5) is 14.1. The minimum atomic E-state index is -0.219. The van der Waals surface area contributed by atoms with E-state index >= 15 is 0 Å². The predicted molar refractivity (Wildman–Crippen MR) is 124 cm³/mol. The Balaban J connectivity index is 1.86. The second-order valence-electron chi connectivity index (χ2n) is 7.56. The smallest absolute Gasteiger partial charge is 0.260 e. The summed E-state index contributed by atoms with van der Waals surface area (Å²) in [5.74, 6) is 3.50. The van der Waals surface area contributed by atoms with Gasteiger partial charge in [-0.25, -0.2) is 0 Å². The third-order valence-corrected chi connectivity index (χ3v) is 5.82. The van der Waals surface area contributed by atoms with Crippen LogP contribution in [0.2, 0.25) is 0 Å². The molecule has 0 spiro atoms. The van der Waals surface area contributed by atoms with Crippen molar-refractivity contribution in [1.29, 1.82) is 0 Å². The molecule has 8 heteroatoms. The molecule has 2 aromatic carbocycles. The Kier molecular flexibility index (Phi) is 8.14. The van der Waals surface area contributed by atoms with Gasteiger partial charge in [-0.05, 0) is 44.4 Å². The van der Waals surface area contributed by atoms with Crippen LogP contribution in [0.25, 0.3) is 0 Å². The van der Waals surface area contributed by atoms with E-state index in [0.717, 1.165) is 24.0 Å². The maximum atomic E-state index is 12.3. The quantitative estimate of drug-likeness (QED) is 0.531. The number of hydrogen-bond donors (Lipinski definition) is 0. The number of benzene rings is 2. The number of hydrogen-bond acceptors (Lipinski definition) is 7. The summed E-state index contributed by atoms with van der Waals surface area (Å²) in [6, 6.07) is 7.42. The van der Waals surface area contributed by atoms with Gasteiger partial charge in [0.15, 0.2) is 18.1 Å². The molecule has 0 bridgehead atoms. The highest BCUT2D eigenvalue weighted by molar-refractivity contribution is 5.77. The fraction of sp³-hybridized carbons (Fsp3) is 0.480. The summed E-state index contributed by atoms with van der Waals surface area (Å²) < 4.78 is 34.2. The fourth-order valence-corrected chi connectivity index (χ4v) is 4.04. The monoisotopic (exact) mass is 459 g/mol. The first kappa shape index (κ1) is 24.4. The zero-order valence-electron chi connectivity index (χ0n) is 20.2. The summed E-state index contributed by atoms with van der Waals surface area (Å²) in [6.07, 6.45) is 1.30. The molecule has 0 N–H and O–H groups in total. The third-order valence-electron chi connectivity index (χ3n) is 5.82. The van der Waals surface area contributed by atoms with Crippen LogP contribution in [-0.2, 0) is 11.2 Å². The number of carbonyl (C=O) groups excluding carboxylic acids is 1. The van der Waals surface area contributed by atoms with Gasteiger partial charge >= 0.3 is 0 Å². The number of ether oxygens (including phenoxy) is 6. The second kappa shape index (κ2) is 11.0. The van der Waals surface area contributed by atoms with Crippen LogP contribution in [0.5, 0.6) is 34.5 Å². The zero-order valence-corrected chi connectivity index (χ0v) is 20.2. The van der Waals surface area contributed by atoms with Gasteiger partial charge in [-0.3, -0.25) is 4.79 Å². The lowest BCUT2D eigenvalue weighted by molar-refractivity contribution is -0.132. The van der Waals surface area contributed by atoms with Gasteiger partial charge in [-0.2, -0.15) is 0 Å². The molecule has 1 aliphatic heterocycles. The van der Waals surface area contributed by atoms with E-state index in [1.54, 1.807) is 39.4 Å². The van der Waals surface area contributed by atoms with E-state index in [1.807, 2.05) is 32.0 Å². The molecule has 0 aromatic heterocycles.